The number of nitrogens with zero attached hydrogens (tertiary/aromatic N) is 2. The number of anilines is 2. The van der Waals surface area contributed by atoms with Gasteiger partial charge >= 0.3 is 0 Å². The molecule has 32 heavy (non-hydrogen) atoms. The molecule has 2 aromatic carbocycles. The maximum atomic E-state index is 12.7. The van der Waals surface area contributed by atoms with Gasteiger partial charge in [-0.2, -0.15) is 8.78 Å². The van der Waals surface area contributed by atoms with Crippen molar-refractivity contribution in [1.82, 2.24) is 9.80 Å². The Hall–Kier alpha value is -2.49. The fourth-order valence-electron chi connectivity index (χ4n) is 3.55. The van der Waals surface area contributed by atoms with Crippen LogP contribution in [0.4, 0.5) is 20.2 Å². The molecule has 1 saturated heterocycles. The zero-order valence-electron chi connectivity index (χ0n) is 18.2. The van der Waals surface area contributed by atoms with Crippen LogP contribution in [-0.2, 0) is 9.59 Å². The molecule has 0 unspecified atom stereocenters. The molecule has 0 aromatic heterocycles. The minimum absolute atomic E-state index is 0.0574. The third-order valence-corrected chi connectivity index (χ3v) is 6.24. The summed E-state index contributed by atoms with van der Waals surface area (Å²) in [7, 11) is 0. The molecule has 1 aliphatic rings. The number of carbonyl (C=O) groups is 2. The number of piperazine rings is 1. The largest absolute Gasteiger partial charge is 0.325 e. The van der Waals surface area contributed by atoms with E-state index in [1.165, 1.54) is 0 Å². The van der Waals surface area contributed by atoms with Crippen molar-refractivity contribution in [3.63, 3.8) is 0 Å². The van der Waals surface area contributed by atoms with Gasteiger partial charge in [0.15, 0.2) is 0 Å². The highest BCUT2D eigenvalue weighted by Crippen LogP contribution is 2.31. The number of alkyl halides is 2. The molecule has 0 bridgehead atoms. The number of hydrogen-bond acceptors (Lipinski definition) is 5. The lowest BCUT2D eigenvalue weighted by molar-refractivity contribution is -0.120. The van der Waals surface area contributed by atoms with Gasteiger partial charge in [-0.25, -0.2) is 0 Å². The predicted octanol–water partition coefficient (Wildman–Crippen LogP) is 3.81. The Kier molecular flexibility index (Phi) is 8.60. The van der Waals surface area contributed by atoms with E-state index in [-0.39, 0.29) is 18.4 Å². The summed E-state index contributed by atoms with van der Waals surface area (Å²) in [5.41, 5.74) is 3.41. The fourth-order valence-corrected chi connectivity index (χ4v) is 4.14. The van der Waals surface area contributed by atoms with Crippen LogP contribution in [0.3, 0.4) is 0 Å². The summed E-state index contributed by atoms with van der Waals surface area (Å²) in [4.78, 5) is 29.2. The Morgan fingerprint density at radius 2 is 1.41 bits per heavy atom. The molecule has 1 fully saturated rings. The van der Waals surface area contributed by atoms with E-state index in [1.807, 2.05) is 36.9 Å². The highest BCUT2D eigenvalue weighted by atomic mass is 32.2. The van der Waals surface area contributed by atoms with Crippen LogP contribution in [0.5, 0.6) is 0 Å². The normalized spacial score (nSPS) is 15.0. The van der Waals surface area contributed by atoms with Gasteiger partial charge in [0.1, 0.15) is 0 Å². The Balaban J connectivity index is 1.43. The minimum atomic E-state index is -2.55. The van der Waals surface area contributed by atoms with Gasteiger partial charge in [0.05, 0.1) is 18.8 Å². The third kappa shape index (κ3) is 7.01. The molecule has 3 rings (SSSR count). The summed E-state index contributed by atoms with van der Waals surface area (Å²) in [6, 6.07) is 12.4. The minimum Gasteiger partial charge on any atom is -0.325 e. The molecule has 9 heteroatoms. The monoisotopic (exact) mass is 462 g/mol. The summed E-state index contributed by atoms with van der Waals surface area (Å²) in [5.74, 6) is -2.85. The molecule has 172 valence electrons. The lowest BCUT2D eigenvalue weighted by Crippen LogP contribution is -2.50. The third-order valence-electron chi connectivity index (χ3n) is 5.46. The van der Waals surface area contributed by atoms with E-state index in [4.69, 9.17) is 0 Å². The van der Waals surface area contributed by atoms with Gasteiger partial charge in [-0.3, -0.25) is 19.4 Å². The smallest absolute Gasteiger partial charge is 0.288 e. The van der Waals surface area contributed by atoms with E-state index in [0.717, 1.165) is 16.8 Å². The van der Waals surface area contributed by atoms with Crippen molar-refractivity contribution in [3.8, 4) is 0 Å². The zero-order chi connectivity index (χ0) is 23.1. The van der Waals surface area contributed by atoms with E-state index in [1.54, 1.807) is 24.3 Å². The Bertz CT molecular complexity index is 949. The number of hydrogen-bond donors (Lipinski definition) is 2. The molecule has 6 nitrogen and oxygen atoms in total. The first-order chi connectivity index (χ1) is 15.3. The summed E-state index contributed by atoms with van der Waals surface area (Å²) in [6.45, 7) is 7.11. The first kappa shape index (κ1) is 24.2. The SMILES string of the molecule is Cc1cccc(NC(=O)CN2CCN(CC(=O)Nc3ccccc3SC(F)F)CC2)c1C. The Morgan fingerprint density at radius 1 is 0.875 bits per heavy atom. The maximum absolute atomic E-state index is 12.7. The molecular formula is C23H28F2N4O2S. The number of nitrogens with one attached hydrogen (secondary N) is 2. The van der Waals surface area contributed by atoms with Gasteiger partial charge in [-0.1, -0.05) is 36.0 Å². The van der Waals surface area contributed by atoms with E-state index in [0.29, 0.717) is 55.1 Å². The number of benzene rings is 2. The molecule has 2 N–H and O–H groups in total. The summed E-state index contributed by atoms with van der Waals surface area (Å²) in [5, 5.41) is 5.71. The number of halogens is 2. The molecule has 1 aliphatic heterocycles. The molecule has 0 aliphatic carbocycles. The van der Waals surface area contributed by atoms with Gasteiger partial charge in [-0.15, -0.1) is 0 Å². The standard InChI is InChI=1S/C23H28F2N4O2S/c1-16-6-5-8-18(17(16)2)26-21(30)14-28-10-12-29(13-11-28)15-22(31)27-19-7-3-4-9-20(19)32-23(24)25/h3-9,23H,10-15H2,1-2H3,(H,26,30)(H,27,31). The lowest BCUT2D eigenvalue weighted by Gasteiger charge is -2.33. The maximum Gasteiger partial charge on any atom is 0.288 e. The average molecular weight is 463 g/mol. The molecular weight excluding hydrogens is 434 g/mol. The van der Waals surface area contributed by atoms with Crippen molar-refractivity contribution >= 4 is 35.0 Å². The first-order valence-electron chi connectivity index (χ1n) is 10.5. The first-order valence-corrected chi connectivity index (χ1v) is 11.3. The van der Waals surface area contributed by atoms with Gasteiger partial charge in [0.2, 0.25) is 11.8 Å². The molecule has 1 heterocycles. The highest BCUT2D eigenvalue weighted by molar-refractivity contribution is 7.99. The fraction of sp³-hybridized carbons (Fsp3) is 0.391. The van der Waals surface area contributed by atoms with Crippen LogP contribution in [0.15, 0.2) is 47.4 Å². The number of rotatable bonds is 8. The predicted molar refractivity (Wildman–Crippen MR) is 124 cm³/mol. The topological polar surface area (TPSA) is 64.7 Å². The van der Waals surface area contributed by atoms with Gasteiger partial charge in [0.25, 0.3) is 5.76 Å². The Labute approximate surface area is 191 Å². The van der Waals surface area contributed by atoms with E-state index < -0.39 is 5.76 Å². The number of amides is 2. The van der Waals surface area contributed by atoms with Crippen molar-refractivity contribution in [2.24, 2.45) is 0 Å². The number of aryl methyl sites for hydroxylation is 1. The highest BCUT2D eigenvalue weighted by Gasteiger charge is 2.21. The lowest BCUT2D eigenvalue weighted by atomic mass is 10.1. The van der Waals surface area contributed by atoms with Gasteiger partial charge < -0.3 is 10.6 Å². The van der Waals surface area contributed by atoms with E-state index in [9.17, 15) is 18.4 Å². The van der Waals surface area contributed by atoms with Crippen molar-refractivity contribution in [1.29, 1.82) is 0 Å². The van der Waals surface area contributed by atoms with E-state index in [2.05, 4.69) is 15.5 Å². The average Bonchev–Trinajstić information content (AvgIpc) is 2.74. The Morgan fingerprint density at radius 3 is 2.00 bits per heavy atom. The molecule has 2 amide bonds. The summed E-state index contributed by atoms with van der Waals surface area (Å²) in [6.07, 6.45) is 0. The second kappa shape index (κ2) is 11.4. The van der Waals surface area contributed by atoms with Crippen LogP contribution in [0, 0.1) is 13.8 Å². The molecule has 0 saturated carbocycles. The van der Waals surface area contributed by atoms with Crippen molar-refractivity contribution < 1.29 is 18.4 Å². The molecule has 2 aromatic rings. The van der Waals surface area contributed by atoms with Gasteiger partial charge in [-0.05, 0) is 43.2 Å². The van der Waals surface area contributed by atoms with Crippen LogP contribution >= 0.6 is 11.8 Å². The van der Waals surface area contributed by atoms with Crippen molar-refractivity contribution in [2.45, 2.75) is 24.5 Å². The van der Waals surface area contributed by atoms with Crippen LogP contribution < -0.4 is 10.6 Å². The summed E-state index contributed by atoms with van der Waals surface area (Å²) < 4.78 is 25.4. The summed E-state index contributed by atoms with van der Waals surface area (Å²) >= 11 is 0.415. The molecule has 0 atom stereocenters. The number of para-hydroxylation sites is 1. The van der Waals surface area contributed by atoms with Crippen molar-refractivity contribution in [3.05, 3.63) is 53.6 Å². The number of carbonyl (C=O) groups excluding carboxylic acids is 2. The zero-order valence-corrected chi connectivity index (χ0v) is 19.1. The molecule has 0 spiro atoms. The number of thioether (sulfide) groups is 1. The second-order valence-electron chi connectivity index (χ2n) is 7.77. The van der Waals surface area contributed by atoms with Crippen LogP contribution in [0.1, 0.15) is 11.1 Å². The van der Waals surface area contributed by atoms with Crippen LogP contribution in [0.2, 0.25) is 0 Å². The van der Waals surface area contributed by atoms with Crippen LogP contribution in [-0.4, -0.2) is 66.6 Å². The quantitative estimate of drug-likeness (QED) is 0.584. The van der Waals surface area contributed by atoms with E-state index >= 15 is 0 Å². The van der Waals surface area contributed by atoms with Crippen molar-refractivity contribution in [2.75, 3.05) is 49.9 Å². The second-order valence-corrected chi connectivity index (χ2v) is 8.80. The molecule has 0 radical (unpaired) electrons. The van der Waals surface area contributed by atoms with Gasteiger partial charge in [0, 0.05) is 36.8 Å². The van der Waals surface area contributed by atoms with Crippen LogP contribution in [0.25, 0.3) is 0 Å².